The minimum Gasteiger partial charge on any atom is -0.493 e. The molecule has 1 saturated heterocycles. The topological polar surface area (TPSA) is 94.2 Å². The summed E-state index contributed by atoms with van der Waals surface area (Å²) in [5, 5.41) is 2.24. The fourth-order valence-electron chi connectivity index (χ4n) is 2.86. The van der Waals surface area contributed by atoms with Crippen LogP contribution in [0.1, 0.15) is 5.56 Å². The normalized spacial score (nSPS) is 14.7. The summed E-state index contributed by atoms with van der Waals surface area (Å²) in [5.41, 5.74) is 1.03. The molecule has 0 atom stereocenters. The van der Waals surface area contributed by atoms with Crippen LogP contribution in [0.15, 0.2) is 45.8 Å². The van der Waals surface area contributed by atoms with E-state index in [4.69, 9.17) is 14.2 Å². The summed E-state index contributed by atoms with van der Waals surface area (Å²) in [4.78, 5) is 38.2. The monoisotopic (exact) mass is 538 g/mol. The third kappa shape index (κ3) is 6.34. The summed E-state index contributed by atoms with van der Waals surface area (Å²) in [6.45, 7) is 0.119. The summed E-state index contributed by atoms with van der Waals surface area (Å²) in [6, 6.07) is 8.66. The Hall–Kier alpha value is -2.89. The summed E-state index contributed by atoms with van der Waals surface area (Å²) in [7, 11) is 2.93. The van der Waals surface area contributed by atoms with Gasteiger partial charge in [0, 0.05) is 12.8 Å². The number of ether oxygens (including phenoxy) is 3. The highest BCUT2D eigenvalue weighted by molar-refractivity contribution is 9.10. The van der Waals surface area contributed by atoms with E-state index in [0.29, 0.717) is 21.5 Å². The van der Waals surface area contributed by atoms with Crippen LogP contribution in [0.25, 0.3) is 6.08 Å². The van der Waals surface area contributed by atoms with Gasteiger partial charge in [-0.3, -0.25) is 19.3 Å². The quantitative estimate of drug-likeness (QED) is 0.475. The van der Waals surface area contributed by atoms with E-state index >= 15 is 0 Å². The van der Waals surface area contributed by atoms with E-state index in [9.17, 15) is 18.8 Å². The lowest BCUT2D eigenvalue weighted by Gasteiger charge is -2.14. The van der Waals surface area contributed by atoms with Crippen LogP contribution in [0.5, 0.6) is 11.5 Å². The van der Waals surface area contributed by atoms with Gasteiger partial charge in [-0.25, -0.2) is 4.39 Å². The molecular formula is C22H20BrFN2O6S. The van der Waals surface area contributed by atoms with Gasteiger partial charge >= 0.3 is 0 Å². The molecule has 2 aromatic rings. The third-order valence-corrected chi connectivity index (χ3v) is 5.91. The van der Waals surface area contributed by atoms with Crippen molar-refractivity contribution in [2.75, 3.05) is 39.3 Å². The van der Waals surface area contributed by atoms with Gasteiger partial charge in [-0.15, -0.1) is 0 Å². The summed E-state index contributed by atoms with van der Waals surface area (Å²) < 4.78 is 29.4. The number of halogens is 2. The Morgan fingerprint density at radius 3 is 2.61 bits per heavy atom. The van der Waals surface area contributed by atoms with E-state index in [1.807, 2.05) is 0 Å². The highest BCUT2D eigenvalue weighted by atomic mass is 79.9. The van der Waals surface area contributed by atoms with Crippen molar-refractivity contribution in [1.29, 1.82) is 0 Å². The van der Waals surface area contributed by atoms with Crippen molar-refractivity contribution in [2.45, 2.75) is 0 Å². The van der Waals surface area contributed by atoms with Crippen LogP contribution in [0.4, 0.5) is 14.9 Å². The predicted molar refractivity (Wildman–Crippen MR) is 126 cm³/mol. The fourth-order valence-corrected chi connectivity index (χ4v) is 4.30. The van der Waals surface area contributed by atoms with E-state index in [1.54, 1.807) is 18.2 Å². The summed E-state index contributed by atoms with van der Waals surface area (Å²) in [5.74, 6) is -0.627. The van der Waals surface area contributed by atoms with E-state index in [1.165, 1.54) is 38.5 Å². The van der Waals surface area contributed by atoms with Gasteiger partial charge in [-0.05, 0) is 75.7 Å². The number of thioether (sulfide) groups is 1. The van der Waals surface area contributed by atoms with Gasteiger partial charge in [0.1, 0.15) is 5.82 Å². The average Bonchev–Trinajstić information content (AvgIpc) is 3.05. The zero-order chi connectivity index (χ0) is 24.0. The standard InChI is InChI=1S/C22H20BrFN2O6S/c1-30-8-7-26-21(28)18(33-22(26)29)11-13-9-16(23)20(17(10-13)31-2)32-12-19(27)25-15-5-3-14(24)4-6-15/h3-6,9-11H,7-8,12H2,1-2H3,(H,25,27)/b18-11+. The van der Waals surface area contributed by atoms with Crippen LogP contribution in [0.2, 0.25) is 0 Å². The molecule has 3 amide bonds. The van der Waals surface area contributed by atoms with Crippen molar-refractivity contribution in [3.8, 4) is 11.5 Å². The van der Waals surface area contributed by atoms with Gasteiger partial charge in [0.05, 0.1) is 29.6 Å². The Kier molecular flexibility index (Phi) is 8.48. The number of benzene rings is 2. The van der Waals surface area contributed by atoms with Gasteiger partial charge in [0.25, 0.3) is 17.1 Å². The highest BCUT2D eigenvalue weighted by Crippen LogP contribution is 2.39. The lowest BCUT2D eigenvalue weighted by atomic mass is 10.2. The molecule has 1 heterocycles. The second-order valence-corrected chi connectivity index (χ2v) is 8.55. The van der Waals surface area contributed by atoms with Crippen LogP contribution in [0, 0.1) is 5.82 Å². The fraction of sp³-hybridized carbons (Fsp3) is 0.227. The zero-order valence-corrected chi connectivity index (χ0v) is 20.1. The van der Waals surface area contributed by atoms with E-state index in [2.05, 4.69) is 21.2 Å². The molecule has 1 N–H and O–H groups in total. The number of imide groups is 1. The number of carbonyl (C=O) groups excluding carboxylic acids is 3. The van der Waals surface area contributed by atoms with Gasteiger partial charge in [0.15, 0.2) is 18.1 Å². The molecule has 0 unspecified atom stereocenters. The highest BCUT2D eigenvalue weighted by Gasteiger charge is 2.34. The Bertz CT molecular complexity index is 1090. The van der Waals surface area contributed by atoms with Crippen molar-refractivity contribution < 1.29 is 33.0 Å². The van der Waals surface area contributed by atoms with E-state index in [0.717, 1.165) is 16.7 Å². The Morgan fingerprint density at radius 2 is 1.94 bits per heavy atom. The molecule has 174 valence electrons. The second kappa shape index (κ2) is 11.3. The smallest absolute Gasteiger partial charge is 0.293 e. The molecule has 1 fully saturated rings. The van der Waals surface area contributed by atoms with Crippen LogP contribution >= 0.6 is 27.7 Å². The van der Waals surface area contributed by atoms with E-state index in [-0.39, 0.29) is 35.7 Å². The number of anilines is 1. The molecule has 8 nitrogen and oxygen atoms in total. The number of carbonyl (C=O) groups is 3. The minimum absolute atomic E-state index is 0.179. The molecule has 11 heteroatoms. The first-order chi connectivity index (χ1) is 15.8. The first-order valence-electron chi connectivity index (χ1n) is 9.62. The number of hydrogen-bond acceptors (Lipinski definition) is 7. The Labute approximate surface area is 202 Å². The molecule has 0 bridgehead atoms. The van der Waals surface area contributed by atoms with Gasteiger partial charge in [-0.1, -0.05) is 0 Å². The molecular weight excluding hydrogens is 519 g/mol. The van der Waals surface area contributed by atoms with Gasteiger partial charge in [0.2, 0.25) is 0 Å². The molecule has 1 aliphatic heterocycles. The van der Waals surface area contributed by atoms with Crippen LogP contribution < -0.4 is 14.8 Å². The van der Waals surface area contributed by atoms with Crippen LogP contribution in [-0.4, -0.2) is 55.9 Å². The number of methoxy groups -OCH3 is 2. The lowest BCUT2D eigenvalue weighted by Crippen LogP contribution is -2.31. The maximum Gasteiger partial charge on any atom is 0.293 e. The van der Waals surface area contributed by atoms with Crippen molar-refractivity contribution in [2.24, 2.45) is 0 Å². The molecule has 0 aliphatic carbocycles. The number of nitrogens with zero attached hydrogens (tertiary/aromatic N) is 1. The summed E-state index contributed by atoms with van der Waals surface area (Å²) >= 11 is 4.24. The SMILES string of the molecule is COCCN1C(=O)S/C(=C/c2cc(Br)c(OCC(=O)Nc3ccc(F)cc3)c(OC)c2)C1=O. The Morgan fingerprint density at radius 1 is 1.21 bits per heavy atom. The van der Waals surface area contributed by atoms with Crippen molar-refractivity contribution >= 4 is 56.5 Å². The maximum absolute atomic E-state index is 13.0. The number of hydrogen-bond donors (Lipinski definition) is 1. The Balaban J connectivity index is 1.71. The maximum atomic E-state index is 13.0. The predicted octanol–water partition coefficient (Wildman–Crippen LogP) is 4.30. The van der Waals surface area contributed by atoms with Crippen molar-refractivity contribution in [3.05, 3.63) is 57.2 Å². The molecule has 2 aromatic carbocycles. The number of nitrogens with one attached hydrogen (secondary N) is 1. The first-order valence-corrected chi connectivity index (χ1v) is 11.2. The van der Waals surface area contributed by atoms with Gasteiger partial charge < -0.3 is 19.5 Å². The van der Waals surface area contributed by atoms with Gasteiger partial charge in [-0.2, -0.15) is 0 Å². The number of amides is 3. The average molecular weight is 539 g/mol. The van der Waals surface area contributed by atoms with Crippen LogP contribution in [-0.2, 0) is 14.3 Å². The minimum atomic E-state index is -0.440. The molecule has 33 heavy (non-hydrogen) atoms. The van der Waals surface area contributed by atoms with E-state index < -0.39 is 17.6 Å². The molecule has 0 saturated carbocycles. The largest absolute Gasteiger partial charge is 0.493 e. The zero-order valence-electron chi connectivity index (χ0n) is 17.7. The molecule has 0 spiro atoms. The lowest BCUT2D eigenvalue weighted by molar-refractivity contribution is -0.123. The third-order valence-electron chi connectivity index (χ3n) is 4.42. The van der Waals surface area contributed by atoms with Crippen molar-refractivity contribution in [1.82, 2.24) is 4.90 Å². The van der Waals surface area contributed by atoms with Crippen molar-refractivity contribution in [3.63, 3.8) is 0 Å². The molecule has 3 rings (SSSR count). The number of rotatable bonds is 9. The molecule has 0 aromatic heterocycles. The van der Waals surface area contributed by atoms with Crippen LogP contribution in [0.3, 0.4) is 0 Å². The summed E-state index contributed by atoms with van der Waals surface area (Å²) in [6.07, 6.45) is 1.58. The molecule has 1 aliphatic rings. The second-order valence-electron chi connectivity index (χ2n) is 6.70. The first kappa shape index (κ1) is 24.7. The molecule has 0 radical (unpaired) electrons.